The summed E-state index contributed by atoms with van der Waals surface area (Å²) in [4.78, 5) is 0. The molecular formula is C12H14F2. The Morgan fingerprint density at radius 2 is 1.79 bits per heavy atom. The molecule has 0 radical (unpaired) electrons. The van der Waals surface area contributed by atoms with Gasteiger partial charge in [-0.15, -0.1) is 0 Å². The van der Waals surface area contributed by atoms with E-state index in [1.807, 2.05) is 26.8 Å². The quantitative estimate of drug-likeness (QED) is 0.636. The molecule has 0 nitrogen and oxygen atoms in total. The second kappa shape index (κ2) is 3.91. The van der Waals surface area contributed by atoms with Crippen molar-refractivity contribution in [1.82, 2.24) is 0 Å². The predicted molar refractivity (Wildman–Crippen MR) is 54.8 cm³/mol. The maximum Gasteiger partial charge on any atom is 0.130 e. The molecule has 0 atom stereocenters. The highest BCUT2D eigenvalue weighted by Crippen LogP contribution is 2.18. The smallest absolute Gasteiger partial charge is 0.130 e. The summed E-state index contributed by atoms with van der Waals surface area (Å²) in [6, 6.07) is 3.44. The lowest BCUT2D eigenvalue weighted by molar-refractivity contribution is 0.546. The summed E-state index contributed by atoms with van der Waals surface area (Å²) in [5.41, 5.74) is 0.263. The molecule has 1 aromatic carbocycles. The highest BCUT2D eigenvalue weighted by Gasteiger charge is 2.05. The van der Waals surface area contributed by atoms with Gasteiger partial charge in [0, 0.05) is 5.56 Å². The van der Waals surface area contributed by atoms with Gasteiger partial charge in [-0.3, -0.25) is 0 Å². The average molecular weight is 196 g/mol. The highest BCUT2D eigenvalue weighted by molar-refractivity contribution is 5.50. The van der Waals surface area contributed by atoms with Crippen LogP contribution in [0.3, 0.4) is 0 Å². The van der Waals surface area contributed by atoms with E-state index in [2.05, 4.69) is 0 Å². The van der Waals surface area contributed by atoms with Gasteiger partial charge in [-0.05, 0) is 23.6 Å². The summed E-state index contributed by atoms with van der Waals surface area (Å²) in [7, 11) is 0. The zero-order valence-corrected chi connectivity index (χ0v) is 8.64. The molecule has 0 amide bonds. The largest absolute Gasteiger partial charge is 0.207 e. The van der Waals surface area contributed by atoms with Crippen LogP contribution in [0.1, 0.15) is 26.3 Å². The van der Waals surface area contributed by atoms with E-state index in [-0.39, 0.29) is 5.41 Å². The normalized spacial score (nSPS) is 12.4. The molecule has 0 aliphatic carbocycles. The Kier molecular flexibility index (Phi) is 3.04. The van der Waals surface area contributed by atoms with Gasteiger partial charge < -0.3 is 0 Å². The fraction of sp³-hybridized carbons (Fsp3) is 0.333. The van der Waals surface area contributed by atoms with E-state index in [1.54, 1.807) is 6.08 Å². The maximum absolute atomic E-state index is 13.1. The molecule has 2 heteroatoms. The third-order valence-corrected chi connectivity index (χ3v) is 1.72. The monoisotopic (exact) mass is 196 g/mol. The van der Waals surface area contributed by atoms with Crippen molar-refractivity contribution < 1.29 is 8.78 Å². The lowest BCUT2D eigenvalue weighted by atomic mass is 9.95. The third-order valence-electron chi connectivity index (χ3n) is 1.72. The van der Waals surface area contributed by atoms with E-state index in [0.29, 0.717) is 5.56 Å². The van der Waals surface area contributed by atoms with Crippen molar-refractivity contribution >= 4 is 6.08 Å². The number of halogens is 2. The molecule has 0 aromatic heterocycles. The molecule has 76 valence electrons. The van der Waals surface area contributed by atoms with Crippen LogP contribution in [0.4, 0.5) is 8.78 Å². The number of rotatable bonds is 1. The molecule has 1 aromatic rings. The Bertz CT molecular complexity index is 346. The van der Waals surface area contributed by atoms with Crippen LogP contribution in [0, 0.1) is 17.0 Å². The number of allylic oxidation sites excluding steroid dienone is 1. The third kappa shape index (κ3) is 3.29. The van der Waals surface area contributed by atoms with Crippen molar-refractivity contribution in [3.05, 3.63) is 41.5 Å². The lowest BCUT2D eigenvalue weighted by Gasteiger charge is -2.11. The van der Waals surface area contributed by atoms with E-state index in [4.69, 9.17) is 0 Å². The number of benzene rings is 1. The summed E-state index contributed by atoms with van der Waals surface area (Å²) in [5, 5.41) is 0. The van der Waals surface area contributed by atoms with E-state index < -0.39 is 11.6 Å². The number of hydrogen-bond donors (Lipinski definition) is 0. The molecule has 0 bridgehead atoms. The zero-order chi connectivity index (χ0) is 10.8. The SMILES string of the molecule is CC(C)(C)/C=C/c1cc(F)ccc1F. The highest BCUT2D eigenvalue weighted by atomic mass is 19.1. The van der Waals surface area contributed by atoms with Gasteiger partial charge in [-0.1, -0.05) is 32.9 Å². The summed E-state index contributed by atoms with van der Waals surface area (Å²) in [5.74, 6) is -0.813. The van der Waals surface area contributed by atoms with Crippen molar-refractivity contribution in [2.75, 3.05) is 0 Å². The molecule has 0 heterocycles. The molecule has 0 unspecified atom stereocenters. The summed E-state index contributed by atoms with van der Waals surface area (Å²) in [6.07, 6.45) is 3.46. The van der Waals surface area contributed by atoms with Gasteiger partial charge in [-0.2, -0.15) is 0 Å². The van der Waals surface area contributed by atoms with Crippen molar-refractivity contribution in [2.45, 2.75) is 20.8 Å². The zero-order valence-electron chi connectivity index (χ0n) is 8.64. The molecule has 0 fully saturated rings. The van der Waals surface area contributed by atoms with Crippen molar-refractivity contribution in [2.24, 2.45) is 5.41 Å². The fourth-order valence-electron chi connectivity index (χ4n) is 0.982. The standard InChI is InChI=1S/C12H14F2/c1-12(2,3)7-6-9-8-10(13)4-5-11(9)14/h4-8H,1-3H3/b7-6+. The van der Waals surface area contributed by atoms with Gasteiger partial charge >= 0.3 is 0 Å². The molecule has 1 rings (SSSR count). The van der Waals surface area contributed by atoms with Crippen molar-refractivity contribution in [1.29, 1.82) is 0 Å². The Morgan fingerprint density at radius 1 is 1.14 bits per heavy atom. The molecule has 0 N–H and O–H groups in total. The van der Waals surface area contributed by atoms with E-state index in [0.717, 1.165) is 12.1 Å². The summed E-state index contributed by atoms with van der Waals surface area (Å²) < 4.78 is 25.9. The van der Waals surface area contributed by atoms with Crippen LogP contribution in [-0.4, -0.2) is 0 Å². The number of hydrogen-bond acceptors (Lipinski definition) is 0. The molecule has 0 saturated carbocycles. The molecule has 0 aliphatic heterocycles. The first-order valence-electron chi connectivity index (χ1n) is 4.53. The van der Waals surface area contributed by atoms with Crippen LogP contribution in [0.15, 0.2) is 24.3 Å². The Hall–Kier alpha value is -1.18. The van der Waals surface area contributed by atoms with Crippen LogP contribution in [0.2, 0.25) is 0 Å². The molecule has 14 heavy (non-hydrogen) atoms. The van der Waals surface area contributed by atoms with Gasteiger partial charge in [0.25, 0.3) is 0 Å². The Balaban J connectivity index is 2.97. The first-order chi connectivity index (χ1) is 6.38. The van der Waals surface area contributed by atoms with Crippen LogP contribution < -0.4 is 0 Å². The molecular weight excluding hydrogens is 182 g/mol. The van der Waals surface area contributed by atoms with Crippen molar-refractivity contribution in [3.8, 4) is 0 Å². The van der Waals surface area contributed by atoms with Crippen molar-refractivity contribution in [3.63, 3.8) is 0 Å². The molecule has 0 saturated heterocycles. The van der Waals surface area contributed by atoms with Crippen LogP contribution >= 0.6 is 0 Å². The minimum absolute atomic E-state index is 0.0290. The maximum atomic E-state index is 13.1. The summed E-state index contributed by atoms with van der Waals surface area (Å²) in [6.45, 7) is 6.00. The lowest BCUT2D eigenvalue weighted by Crippen LogP contribution is -1.98. The first kappa shape index (κ1) is 10.9. The fourth-order valence-corrected chi connectivity index (χ4v) is 0.982. The second-order valence-electron chi connectivity index (χ2n) is 4.37. The van der Waals surface area contributed by atoms with Gasteiger partial charge in [-0.25, -0.2) is 8.78 Å². The van der Waals surface area contributed by atoms with E-state index in [1.165, 1.54) is 6.07 Å². The van der Waals surface area contributed by atoms with Gasteiger partial charge in [0.2, 0.25) is 0 Å². The van der Waals surface area contributed by atoms with E-state index >= 15 is 0 Å². The van der Waals surface area contributed by atoms with E-state index in [9.17, 15) is 8.78 Å². The van der Waals surface area contributed by atoms with Gasteiger partial charge in [0.15, 0.2) is 0 Å². The first-order valence-corrected chi connectivity index (χ1v) is 4.53. The minimum Gasteiger partial charge on any atom is -0.207 e. The second-order valence-corrected chi connectivity index (χ2v) is 4.37. The summed E-state index contributed by atoms with van der Waals surface area (Å²) >= 11 is 0. The molecule has 0 spiro atoms. The van der Waals surface area contributed by atoms with Crippen LogP contribution in [0.25, 0.3) is 6.08 Å². The molecule has 0 aliphatic rings. The van der Waals surface area contributed by atoms with Crippen LogP contribution in [0.5, 0.6) is 0 Å². The van der Waals surface area contributed by atoms with Gasteiger partial charge in [0.1, 0.15) is 11.6 Å². The van der Waals surface area contributed by atoms with Gasteiger partial charge in [0.05, 0.1) is 0 Å². The van der Waals surface area contributed by atoms with Crippen LogP contribution in [-0.2, 0) is 0 Å². The Morgan fingerprint density at radius 3 is 2.36 bits per heavy atom. The minimum atomic E-state index is -0.417. The predicted octanol–water partition coefficient (Wildman–Crippen LogP) is 4.02. The topological polar surface area (TPSA) is 0 Å². The average Bonchev–Trinajstić information content (AvgIpc) is 2.05. The Labute approximate surface area is 83.3 Å².